The van der Waals surface area contributed by atoms with Gasteiger partial charge in [-0.2, -0.15) is 18.2 Å². The van der Waals surface area contributed by atoms with Gasteiger partial charge in [0.25, 0.3) is 0 Å². The number of carbonyl (C=O) groups excluding carboxylic acids is 1. The van der Waals surface area contributed by atoms with Crippen molar-refractivity contribution < 1.29 is 18.0 Å². The summed E-state index contributed by atoms with van der Waals surface area (Å²) < 4.78 is 38.6. The molecule has 3 heterocycles. The lowest BCUT2D eigenvalue weighted by Crippen LogP contribution is -2.33. The molecule has 11 heteroatoms. The summed E-state index contributed by atoms with van der Waals surface area (Å²) in [6.45, 7) is 2.35. The monoisotopic (exact) mass is 522 g/mol. The lowest BCUT2D eigenvalue weighted by Gasteiger charge is -2.19. The van der Waals surface area contributed by atoms with Crippen molar-refractivity contribution in [3.8, 4) is 11.1 Å². The number of carbonyl (C=O) groups is 1. The van der Waals surface area contributed by atoms with Gasteiger partial charge in [0, 0.05) is 49.4 Å². The van der Waals surface area contributed by atoms with Crippen LogP contribution in [-0.2, 0) is 0 Å². The van der Waals surface area contributed by atoms with Gasteiger partial charge in [0.1, 0.15) is 4.60 Å². The first kappa shape index (κ1) is 23.2. The number of urea groups is 1. The molecule has 174 valence electrons. The highest BCUT2D eigenvalue weighted by atomic mass is 79.9. The molecule has 7 nitrogen and oxygen atoms in total. The van der Waals surface area contributed by atoms with Gasteiger partial charge in [-0.05, 0) is 64.5 Å². The van der Waals surface area contributed by atoms with Gasteiger partial charge in [0.2, 0.25) is 5.95 Å². The molecule has 1 unspecified atom stereocenters. The van der Waals surface area contributed by atoms with E-state index >= 15 is 0 Å². The largest absolute Gasteiger partial charge is 0.389 e. The molecule has 0 aliphatic carbocycles. The summed E-state index contributed by atoms with van der Waals surface area (Å²) in [4.78, 5) is 27.2. The molecular formula is C22H22BrF3N6O. The van der Waals surface area contributed by atoms with Crippen LogP contribution in [0.5, 0.6) is 0 Å². The molecule has 1 aliphatic rings. The Balaban J connectivity index is 1.55. The van der Waals surface area contributed by atoms with Gasteiger partial charge >= 0.3 is 12.2 Å². The molecule has 1 saturated heterocycles. The van der Waals surface area contributed by atoms with E-state index in [0.29, 0.717) is 34.9 Å². The van der Waals surface area contributed by atoms with E-state index in [1.165, 1.54) is 4.90 Å². The van der Waals surface area contributed by atoms with E-state index in [1.807, 2.05) is 25.1 Å². The molecular weight excluding hydrogens is 501 g/mol. The molecule has 0 bridgehead atoms. The van der Waals surface area contributed by atoms with Crippen molar-refractivity contribution in [3.05, 3.63) is 40.6 Å². The number of aryl methyl sites for hydroxylation is 1. The summed E-state index contributed by atoms with van der Waals surface area (Å²) in [6.07, 6.45) is -3.06. The van der Waals surface area contributed by atoms with Crippen molar-refractivity contribution in [2.24, 2.45) is 5.92 Å². The average Bonchev–Trinajstić information content (AvgIpc) is 3.21. The SMILES string of the molecule is CNc1ncc2cc(-c3cc(NC(=O)N4CCC(CC(F)(F)F)C4)ccc3C)c(Br)nc2n1. The minimum Gasteiger partial charge on any atom is -0.357 e. The summed E-state index contributed by atoms with van der Waals surface area (Å²) in [6, 6.07) is 6.98. The Kier molecular flexibility index (Phi) is 6.42. The lowest BCUT2D eigenvalue weighted by molar-refractivity contribution is -0.143. The van der Waals surface area contributed by atoms with E-state index in [2.05, 4.69) is 41.5 Å². The number of nitrogens with one attached hydrogen (secondary N) is 2. The highest BCUT2D eigenvalue weighted by Crippen LogP contribution is 2.34. The van der Waals surface area contributed by atoms with Crippen LogP contribution < -0.4 is 10.6 Å². The van der Waals surface area contributed by atoms with Crippen LogP contribution in [0.25, 0.3) is 22.2 Å². The third-order valence-corrected chi connectivity index (χ3v) is 6.22. The number of benzene rings is 1. The Morgan fingerprint density at radius 3 is 2.76 bits per heavy atom. The predicted molar refractivity (Wildman–Crippen MR) is 124 cm³/mol. The lowest BCUT2D eigenvalue weighted by atomic mass is 10.0. The van der Waals surface area contributed by atoms with Crippen LogP contribution >= 0.6 is 15.9 Å². The van der Waals surface area contributed by atoms with Crippen LogP contribution in [-0.4, -0.2) is 52.2 Å². The smallest absolute Gasteiger partial charge is 0.357 e. The van der Waals surface area contributed by atoms with Gasteiger partial charge in [-0.15, -0.1) is 0 Å². The number of rotatable bonds is 4. The minimum atomic E-state index is -4.22. The summed E-state index contributed by atoms with van der Waals surface area (Å²) in [5.74, 6) is -0.0930. The first-order chi connectivity index (χ1) is 15.6. The topological polar surface area (TPSA) is 83.0 Å². The Labute approximate surface area is 196 Å². The van der Waals surface area contributed by atoms with Crippen LogP contribution in [0.2, 0.25) is 0 Å². The van der Waals surface area contributed by atoms with Crippen molar-refractivity contribution in [1.82, 2.24) is 19.9 Å². The molecule has 2 aromatic heterocycles. The van der Waals surface area contributed by atoms with E-state index in [4.69, 9.17) is 0 Å². The van der Waals surface area contributed by atoms with Gasteiger partial charge in [0.15, 0.2) is 5.65 Å². The second kappa shape index (κ2) is 9.12. The zero-order valence-electron chi connectivity index (χ0n) is 18.0. The molecule has 2 N–H and O–H groups in total. The molecule has 33 heavy (non-hydrogen) atoms. The number of halogens is 4. The van der Waals surface area contributed by atoms with E-state index in [0.717, 1.165) is 22.1 Å². The van der Waals surface area contributed by atoms with Crippen LogP contribution in [0.1, 0.15) is 18.4 Å². The molecule has 0 saturated carbocycles. The fourth-order valence-electron chi connectivity index (χ4n) is 3.95. The van der Waals surface area contributed by atoms with Crippen LogP contribution in [0.15, 0.2) is 35.1 Å². The van der Waals surface area contributed by atoms with Gasteiger partial charge in [-0.25, -0.2) is 14.8 Å². The van der Waals surface area contributed by atoms with E-state index < -0.39 is 24.5 Å². The van der Waals surface area contributed by atoms with Crippen LogP contribution in [0, 0.1) is 12.8 Å². The molecule has 0 radical (unpaired) electrons. The van der Waals surface area contributed by atoms with Crippen molar-refractivity contribution >= 4 is 44.6 Å². The normalized spacial score (nSPS) is 16.3. The maximum absolute atomic E-state index is 12.7. The number of alkyl halides is 3. The number of likely N-dealkylation sites (tertiary alicyclic amines) is 1. The van der Waals surface area contributed by atoms with Crippen LogP contribution in [0.3, 0.4) is 0 Å². The number of fused-ring (bicyclic) bond motifs is 1. The molecule has 1 aliphatic heterocycles. The summed E-state index contributed by atoms with van der Waals surface area (Å²) >= 11 is 3.52. The molecule has 3 aromatic rings. The molecule has 1 atom stereocenters. The Bertz CT molecular complexity index is 1200. The first-order valence-electron chi connectivity index (χ1n) is 10.4. The summed E-state index contributed by atoms with van der Waals surface area (Å²) in [5.41, 5.74) is 3.71. The first-order valence-corrected chi connectivity index (χ1v) is 11.2. The predicted octanol–water partition coefficient (Wildman–Crippen LogP) is 5.61. The molecule has 0 spiro atoms. The van der Waals surface area contributed by atoms with Gasteiger partial charge in [-0.3, -0.25) is 0 Å². The van der Waals surface area contributed by atoms with Crippen molar-refractivity contribution in [2.45, 2.75) is 25.9 Å². The van der Waals surface area contributed by atoms with Gasteiger partial charge in [0.05, 0.1) is 0 Å². The van der Waals surface area contributed by atoms with Crippen molar-refractivity contribution in [1.29, 1.82) is 0 Å². The number of hydrogen-bond acceptors (Lipinski definition) is 5. The fourth-order valence-corrected chi connectivity index (χ4v) is 4.45. The highest BCUT2D eigenvalue weighted by Gasteiger charge is 2.36. The second-order valence-corrected chi connectivity index (χ2v) is 8.81. The Morgan fingerprint density at radius 1 is 1.24 bits per heavy atom. The standard InChI is InChI=1S/C22H22BrF3N6O/c1-12-3-4-15(29-21(33)32-6-5-13(11-32)9-22(24,25)26)8-16(12)17-7-14-10-28-20(27-2)31-19(14)30-18(17)23/h3-4,7-8,10,13H,5-6,9,11H2,1-2H3,(H,29,33)(H,27,28,30,31). The van der Waals surface area contributed by atoms with Crippen molar-refractivity contribution in [3.63, 3.8) is 0 Å². The Hall–Kier alpha value is -2.95. The maximum atomic E-state index is 12.7. The van der Waals surface area contributed by atoms with E-state index in [-0.39, 0.29) is 6.54 Å². The number of pyridine rings is 1. The fraction of sp³-hybridized carbons (Fsp3) is 0.364. The van der Waals surface area contributed by atoms with E-state index in [9.17, 15) is 18.0 Å². The molecule has 1 aromatic carbocycles. The zero-order valence-corrected chi connectivity index (χ0v) is 19.6. The average molecular weight is 523 g/mol. The maximum Gasteiger partial charge on any atom is 0.389 e. The molecule has 4 rings (SSSR count). The number of nitrogens with zero attached hydrogens (tertiary/aromatic N) is 4. The van der Waals surface area contributed by atoms with E-state index in [1.54, 1.807) is 19.3 Å². The number of amides is 2. The van der Waals surface area contributed by atoms with Gasteiger partial charge in [-0.1, -0.05) is 6.07 Å². The molecule has 1 fully saturated rings. The third kappa shape index (κ3) is 5.35. The number of anilines is 2. The third-order valence-electron chi connectivity index (χ3n) is 5.62. The second-order valence-electron chi connectivity index (χ2n) is 8.06. The summed E-state index contributed by atoms with van der Waals surface area (Å²) in [7, 11) is 1.73. The Morgan fingerprint density at radius 2 is 2.03 bits per heavy atom. The zero-order chi connectivity index (χ0) is 23.8. The quantitative estimate of drug-likeness (QED) is 0.435. The van der Waals surface area contributed by atoms with Crippen LogP contribution in [0.4, 0.5) is 29.6 Å². The minimum absolute atomic E-state index is 0.0960. The highest BCUT2D eigenvalue weighted by molar-refractivity contribution is 9.10. The summed E-state index contributed by atoms with van der Waals surface area (Å²) in [5, 5.41) is 6.45. The molecule has 2 amide bonds. The number of aromatic nitrogens is 3. The van der Waals surface area contributed by atoms with Crippen molar-refractivity contribution in [2.75, 3.05) is 30.8 Å². The van der Waals surface area contributed by atoms with Gasteiger partial charge < -0.3 is 15.5 Å². The number of hydrogen-bond donors (Lipinski definition) is 2.